The van der Waals surface area contributed by atoms with Gasteiger partial charge in [-0.05, 0) is 36.8 Å². The normalized spacial score (nSPS) is 25.6. The van der Waals surface area contributed by atoms with E-state index < -0.39 is 16.9 Å². The Balaban J connectivity index is 1.95. The van der Waals surface area contributed by atoms with Crippen molar-refractivity contribution >= 4 is 16.9 Å². The van der Waals surface area contributed by atoms with E-state index in [0.29, 0.717) is 0 Å². The molecule has 0 radical (unpaired) electrons. The van der Waals surface area contributed by atoms with Crippen LogP contribution in [0.25, 0.3) is 0 Å². The first kappa shape index (κ1) is 20.1. The highest BCUT2D eigenvalue weighted by molar-refractivity contribution is 6.74. The maximum absolute atomic E-state index is 6.90. The summed E-state index contributed by atoms with van der Waals surface area (Å²) in [6, 6.07) is 6.50. The van der Waals surface area contributed by atoms with Gasteiger partial charge in [0, 0.05) is 22.9 Å². The zero-order chi connectivity index (χ0) is 19.5. The number of hydrogen-bond donors (Lipinski definition) is 0. The molecule has 0 N–H and O–H groups in total. The van der Waals surface area contributed by atoms with Gasteiger partial charge in [-0.25, -0.2) is 0 Å². The van der Waals surface area contributed by atoms with Gasteiger partial charge in [0.2, 0.25) is 8.32 Å². The molecule has 26 heavy (non-hydrogen) atoms. The lowest BCUT2D eigenvalue weighted by Gasteiger charge is -2.45. The lowest BCUT2D eigenvalue weighted by atomic mass is 9.87. The van der Waals surface area contributed by atoms with E-state index in [1.54, 1.807) is 0 Å². The Bertz CT molecular complexity index is 666. The Morgan fingerprint density at radius 1 is 0.923 bits per heavy atom. The standard InChI is InChI=1S/C21H36O3Si2/c1-20(2,3)26(21(4,5)6)23-18-13-15-11-10-12-17(22-25(7,8)9)16(15)14-19(18)24-26/h10-12,18-19H,13-14H2,1-9H3. The van der Waals surface area contributed by atoms with Crippen molar-refractivity contribution in [3.05, 3.63) is 29.3 Å². The largest absolute Gasteiger partial charge is 0.544 e. The van der Waals surface area contributed by atoms with Crippen molar-refractivity contribution in [2.75, 3.05) is 0 Å². The minimum atomic E-state index is -2.40. The monoisotopic (exact) mass is 392 g/mol. The molecule has 3 nitrogen and oxygen atoms in total. The van der Waals surface area contributed by atoms with E-state index in [1.165, 1.54) is 11.1 Å². The fourth-order valence-electron chi connectivity index (χ4n) is 4.66. The number of rotatable bonds is 2. The molecule has 1 aliphatic heterocycles. The third-order valence-corrected chi connectivity index (χ3v) is 11.5. The molecule has 2 aliphatic rings. The molecule has 0 aromatic heterocycles. The second-order valence-electron chi connectivity index (χ2n) is 10.9. The Kier molecular flexibility index (Phi) is 4.79. The van der Waals surface area contributed by atoms with Gasteiger partial charge in [0.1, 0.15) is 5.75 Å². The summed E-state index contributed by atoms with van der Waals surface area (Å²) in [6.45, 7) is 20.4. The van der Waals surface area contributed by atoms with Gasteiger partial charge in [0.05, 0.1) is 12.2 Å². The minimum Gasteiger partial charge on any atom is -0.544 e. The summed E-state index contributed by atoms with van der Waals surface area (Å²) < 4.78 is 20.1. The molecular weight excluding hydrogens is 356 g/mol. The van der Waals surface area contributed by atoms with Crippen LogP contribution in [-0.2, 0) is 21.7 Å². The second-order valence-corrected chi connectivity index (χ2v) is 20.1. The van der Waals surface area contributed by atoms with E-state index >= 15 is 0 Å². The Morgan fingerprint density at radius 2 is 1.46 bits per heavy atom. The Hall–Kier alpha value is -0.626. The van der Waals surface area contributed by atoms with Crippen LogP contribution in [0.4, 0.5) is 0 Å². The van der Waals surface area contributed by atoms with E-state index in [9.17, 15) is 0 Å². The second kappa shape index (κ2) is 6.19. The molecule has 1 aromatic rings. The van der Waals surface area contributed by atoms with Gasteiger partial charge >= 0.3 is 8.56 Å². The van der Waals surface area contributed by atoms with Crippen LogP contribution in [-0.4, -0.2) is 29.1 Å². The summed E-state index contributed by atoms with van der Waals surface area (Å²) in [4.78, 5) is 0. The smallest absolute Gasteiger partial charge is 0.349 e. The zero-order valence-electron chi connectivity index (χ0n) is 18.0. The fraction of sp³-hybridized carbons (Fsp3) is 0.714. The van der Waals surface area contributed by atoms with Gasteiger partial charge < -0.3 is 13.3 Å². The molecule has 146 valence electrons. The molecule has 0 saturated carbocycles. The first-order valence-corrected chi connectivity index (χ1v) is 15.1. The number of fused-ring (bicyclic) bond motifs is 2. The lowest BCUT2D eigenvalue weighted by Crippen LogP contribution is -2.54. The maximum atomic E-state index is 6.90. The van der Waals surface area contributed by atoms with E-state index in [0.717, 1.165) is 18.6 Å². The summed E-state index contributed by atoms with van der Waals surface area (Å²) in [7, 11) is -4.04. The van der Waals surface area contributed by atoms with Crippen LogP contribution >= 0.6 is 0 Å². The van der Waals surface area contributed by atoms with Gasteiger partial charge in [-0.3, -0.25) is 0 Å². The highest BCUT2D eigenvalue weighted by Gasteiger charge is 2.65. The number of hydrogen-bond acceptors (Lipinski definition) is 3. The topological polar surface area (TPSA) is 27.7 Å². The van der Waals surface area contributed by atoms with E-state index in [4.69, 9.17) is 13.3 Å². The van der Waals surface area contributed by atoms with Crippen molar-refractivity contribution < 1.29 is 13.3 Å². The third kappa shape index (κ3) is 3.43. The molecule has 1 aliphatic carbocycles. The molecule has 3 rings (SSSR count). The molecule has 2 atom stereocenters. The quantitative estimate of drug-likeness (QED) is 0.593. The van der Waals surface area contributed by atoms with E-state index in [-0.39, 0.29) is 22.3 Å². The van der Waals surface area contributed by atoms with Gasteiger partial charge in [0.25, 0.3) is 0 Å². The molecule has 1 saturated heterocycles. The van der Waals surface area contributed by atoms with Gasteiger partial charge in [-0.1, -0.05) is 53.7 Å². The van der Waals surface area contributed by atoms with Gasteiger partial charge in [-0.2, -0.15) is 0 Å². The van der Waals surface area contributed by atoms with Crippen LogP contribution in [0.3, 0.4) is 0 Å². The molecule has 0 bridgehead atoms. The Morgan fingerprint density at radius 3 is 1.96 bits per heavy atom. The summed E-state index contributed by atoms with van der Waals surface area (Å²) in [6.07, 6.45) is 2.17. The zero-order valence-corrected chi connectivity index (χ0v) is 20.0. The fourth-order valence-corrected chi connectivity index (χ4v) is 10.6. The SMILES string of the molecule is CC(C)(C)[Si]1(C(C)(C)C)OC2Cc3cccc(O[Si](C)(C)C)c3CC2O1. The van der Waals surface area contributed by atoms with Crippen molar-refractivity contribution in [3.63, 3.8) is 0 Å². The van der Waals surface area contributed by atoms with Gasteiger partial charge in [0.15, 0.2) is 0 Å². The minimum absolute atomic E-state index is 0.0342. The van der Waals surface area contributed by atoms with Crippen LogP contribution in [0.5, 0.6) is 5.75 Å². The first-order chi connectivity index (χ1) is 11.7. The maximum Gasteiger partial charge on any atom is 0.349 e. The van der Waals surface area contributed by atoms with Crippen LogP contribution in [0.2, 0.25) is 29.7 Å². The number of benzene rings is 1. The molecule has 0 spiro atoms. The van der Waals surface area contributed by atoms with Crippen molar-refractivity contribution in [2.24, 2.45) is 0 Å². The summed E-state index contributed by atoms with van der Waals surface area (Å²) in [5.41, 5.74) is 2.71. The van der Waals surface area contributed by atoms with Crippen LogP contribution in [0, 0.1) is 0 Å². The van der Waals surface area contributed by atoms with Crippen LogP contribution in [0.1, 0.15) is 52.7 Å². The molecule has 1 aromatic carbocycles. The molecule has 2 unspecified atom stereocenters. The van der Waals surface area contributed by atoms with Gasteiger partial charge in [-0.15, -0.1) is 0 Å². The molecule has 0 amide bonds. The average molecular weight is 393 g/mol. The molecule has 1 heterocycles. The van der Waals surface area contributed by atoms with Crippen molar-refractivity contribution in [2.45, 2.75) is 96.3 Å². The highest BCUT2D eigenvalue weighted by Crippen LogP contribution is 2.57. The van der Waals surface area contributed by atoms with E-state index in [1.807, 2.05) is 0 Å². The molecule has 1 fully saturated rings. The predicted molar refractivity (Wildman–Crippen MR) is 113 cm³/mol. The average Bonchev–Trinajstić information content (AvgIpc) is 2.83. The van der Waals surface area contributed by atoms with Crippen LogP contribution < -0.4 is 4.43 Å². The first-order valence-electron chi connectivity index (χ1n) is 9.89. The van der Waals surface area contributed by atoms with Crippen molar-refractivity contribution in [3.8, 4) is 5.75 Å². The predicted octanol–water partition coefficient (Wildman–Crippen LogP) is 5.83. The van der Waals surface area contributed by atoms with Crippen molar-refractivity contribution in [1.82, 2.24) is 0 Å². The van der Waals surface area contributed by atoms with Crippen molar-refractivity contribution in [1.29, 1.82) is 0 Å². The summed E-state index contributed by atoms with van der Waals surface area (Å²) in [5.74, 6) is 1.06. The molecule has 5 heteroatoms. The summed E-state index contributed by atoms with van der Waals surface area (Å²) >= 11 is 0. The third-order valence-electron chi connectivity index (χ3n) is 5.50. The van der Waals surface area contributed by atoms with E-state index in [2.05, 4.69) is 79.4 Å². The summed E-state index contributed by atoms with van der Waals surface area (Å²) in [5, 5.41) is 0.0683. The molecular formula is C21H36O3Si2. The highest BCUT2D eigenvalue weighted by atomic mass is 28.4. The lowest BCUT2D eigenvalue weighted by molar-refractivity contribution is 0.145. The van der Waals surface area contributed by atoms with Crippen LogP contribution in [0.15, 0.2) is 18.2 Å². The Labute approximate surface area is 161 Å².